The molecule has 2 unspecified atom stereocenters. The zero-order valence-electron chi connectivity index (χ0n) is 21.4. The number of carbonyl (C=O) groups is 2. The SMILES string of the molecule is CC(C)COc1c(C(=O)N[C@H]2C3CC4CC2C[C@@](O)(C4)C3)cnn1/C=C/C(C)(C)C(=O)NCCN. The van der Waals surface area contributed by atoms with Gasteiger partial charge in [0.25, 0.3) is 5.91 Å². The molecule has 4 bridgehead atoms. The van der Waals surface area contributed by atoms with Crippen LogP contribution in [-0.2, 0) is 4.79 Å². The van der Waals surface area contributed by atoms with Crippen molar-refractivity contribution in [2.24, 2.45) is 34.8 Å². The largest absolute Gasteiger partial charge is 0.477 e. The summed E-state index contributed by atoms with van der Waals surface area (Å²) >= 11 is 0. The first-order chi connectivity index (χ1) is 16.5. The Morgan fingerprint density at radius 2 is 2.00 bits per heavy atom. The number of nitrogens with one attached hydrogen (secondary N) is 2. The van der Waals surface area contributed by atoms with E-state index in [1.807, 2.05) is 13.8 Å². The Morgan fingerprint density at radius 1 is 1.31 bits per heavy atom. The maximum atomic E-state index is 13.4. The van der Waals surface area contributed by atoms with Gasteiger partial charge >= 0.3 is 0 Å². The smallest absolute Gasteiger partial charge is 0.258 e. The second-order valence-corrected chi connectivity index (χ2v) is 11.8. The van der Waals surface area contributed by atoms with Gasteiger partial charge in [-0.3, -0.25) is 9.59 Å². The minimum atomic E-state index is -0.792. The van der Waals surface area contributed by atoms with Gasteiger partial charge in [0.1, 0.15) is 5.56 Å². The van der Waals surface area contributed by atoms with E-state index in [4.69, 9.17) is 10.5 Å². The Labute approximate surface area is 207 Å². The quantitative estimate of drug-likeness (QED) is 0.400. The Hall–Kier alpha value is -2.39. The number of aliphatic hydroxyl groups is 1. The molecule has 1 aromatic heterocycles. The Bertz CT molecular complexity index is 953. The molecule has 194 valence electrons. The van der Waals surface area contributed by atoms with E-state index in [1.165, 1.54) is 10.9 Å². The molecule has 0 aliphatic heterocycles. The number of carbonyl (C=O) groups excluding carboxylic acids is 2. The number of hydrogen-bond acceptors (Lipinski definition) is 6. The fourth-order valence-corrected chi connectivity index (χ4v) is 6.19. The first kappa shape index (κ1) is 25.7. The molecular formula is C26H41N5O4. The Morgan fingerprint density at radius 3 is 2.60 bits per heavy atom. The van der Waals surface area contributed by atoms with Crippen molar-refractivity contribution in [3.8, 4) is 5.88 Å². The second-order valence-electron chi connectivity index (χ2n) is 11.8. The third kappa shape index (κ3) is 5.56. The van der Waals surface area contributed by atoms with Gasteiger partial charge in [0.05, 0.1) is 23.8 Å². The van der Waals surface area contributed by atoms with E-state index in [9.17, 15) is 14.7 Å². The topological polar surface area (TPSA) is 132 Å². The van der Waals surface area contributed by atoms with Crippen LogP contribution in [0.25, 0.3) is 6.20 Å². The van der Waals surface area contributed by atoms with Gasteiger partial charge in [0, 0.05) is 25.3 Å². The van der Waals surface area contributed by atoms with Crippen LogP contribution in [0.3, 0.4) is 0 Å². The highest BCUT2D eigenvalue weighted by Gasteiger charge is 2.55. The lowest BCUT2D eigenvalue weighted by molar-refractivity contribution is -0.137. The molecule has 9 nitrogen and oxygen atoms in total. The second kappa shape index (κ2) is 9.93. The molecule has 4 fully saturated rings. The lowest BCUT2D eigenvalue weighted by Gasteiger charge is -2.58. The van der Waals surface area contributed by atoms with Gasteiger partial charge in [-0.2, -0.15) is 5.10 Å². The standard InChI is InChI=1S/C26H41N5O4/c1-16(2)15-35-23-20(14-29-31(23)8-5-25(3,4)24(33)28-7-6-27)22(32)30-21-18-9-17-10-19(21)13-26(34,11-17)12-18/h5,8,14,16-19,21,34H,6-7,9-13,15,27H2,1-4H3,(H,28,33)(H,30,32)/b8-5+/t17?,18?,19?,21-,26+. The van der Waals surface area contributed by atoms with Crippen molar-refractivity contribution >= 4 is 18.0 Å². The minimum Gasteiger partial charge on any atom is -0.477 e. The lowest BCUT2D eigenvalue weighted by Crippen LogP contribution is -2.61. The number of nitrogens with two attached hydrogens (primary N) is 1. The molecule has 4 saturated carbocycles. The molecular weight excluding hydrogens is 446 g/mol. The molecule has 4 aliphatic carbocycles. The van der Waals surface area contributed by atoms with Crippen LogP contribution in [0.4, 0.5) is 0 Å². The maximum absolute atomic E-state index is 13.4. The third-order valence-corrected chi connectivity index (χ3v) is 7.73. The average Bonchev–Trinajstić information content (AvgIpc) is 3.18. The van der Waals surface area contributed by atoms with Crippen LogP contribution >= 0.6 is 0 Å². The van der Waals surface area contributed by atoms with E-state index in [2.05, 4.69) is 15.7 Å². The van der Waals surface area contributed by atoms with Crippen LogP contribution < -0.4 is 21.1 Å². The molecule has 2 amide bonds. The normalized spacial score (nSPS) is 29.7. The fraction of sp³-hybridized carbons (Fsp3) is 0.731. The molecule has 5 N–H and O–H groups in total. The zero-order valence-corrected chi connectivity index (χ0v) is 21.4. The number of rotatable bonds is 10. The summed E-state index contributed by atoms with van der Waals surface area (Å²) < 4.78 is 7.56. The van der Waals surface area contributed by atoms with Crippen LogP contribution in [0.1, 0.15) is 70.2 Å². The number of aromatic nitrogens is 2. The summed E-state index contributed by atoms with van der Waals surface area (Å²) in [7, 11) is 0. The molecule has 0 spiro atoms. The van der Waals surface area contributed by atoms with Gasteiger partial charge in [-0.15, -0.1) is 0 Å². The van der Waals surface area contributed by atoms with Crippen LogP contribution in [0, 0.1) is 29.1 Å². The highest BCUT2D eigenvalue weighted by Crippen LogP contribution is 2.55. The Balaban J connectivity index is 1.51. The molecule has 9 heteroatoms. The first-order valence-corrected chi connectivity index (χ1v) is 12.9. The molecule has 4 aliphatic rings. The summed E-state index contributed by atoms with van der Waals surface area (Å²) in [6, 6.07) is 0.0707. The van der Waals surface area contributed by atoms with Crippen molar-refractivity contribution < 1.29 is 19.4 Å². The van der Waals surface area contributed by atoms with Crippen molar-refractivity contribution in [3.63, 3.8) is 0 Å². The van der Waals surface area contributed by atoms with Crippen molar-refractivity contribution in [2.45, 2.75) is 71.4 Å². The van der Waals surface area contributed by atoms with E-state index in [-0.39, 0.29) is 23.8 Å². The third-order valence-electron chi connectivity index (χ3n) is 7.73. The number of nitrogens with zero attached hydrogens (tertiary/aromatic N) is 2. The molecule has 1 aromatic rings. The van der Waals surface area contributed by atoms with Crippen LogP contribution in [0.15, 0.2) is 12.3 Å². The van der Waals surface area contributed by atoms with Crippen molar-refractivity contribution in [1.82, 2.24) is 20.4 Å². The Kier molecular flexibility index (Phi) is 7.29. The van der Waals surface area contributed by atoms with Gasteiger partial charge in [-0.25, -0.2) is 4.68 Å². The summed E-state index contributed by atoms with van der Waals surface area (Å²) in [6.45, 7) is 8.92. The lowest BCUT2D eigenvalue weighted by atomic mass is 9.52. The molecule has 0 radical (unpaired) electrons. The summed E-state index contributed by atoms with van der Waals surface area (Å²) in [6.07, 6.45) is 9.54. The fourth-order valence-electron chi connectivity index (χ4n) is 6.19. The molecule has 35 heavy (non-hydrogen) atoms. The van der Waals surface area contributed by atoms with Gasteiger partial charge in [0.15, 0.2) is 0 Å². The van der Waals surface area contributed by atoms with Crippen molar-refractivity contribution in [2.75, 3.05) is 19.7 Å². The van der Waals surface area contributed by atoms with Gasteiger partial charge in [-0.05, 0) is 69.6 Å². The van der Waals surface area contributed by atoms with Crippen molar-refractivity contribution in [3.05, 3.63) is 17.8 Å². The number of ether oxygens (including phenoxy) is 1. The van der Waals surface area contributed by atoms with Crippen molar-refractivity contribution in [1.29, 1.82) is 0 Å². The van der Waals surface area contributed by atoms with E-state index in [0.29, 0.717) is 48.9 Å². The van der Waals surface area contributed by atoms with Crippen LogP contribution in [0.5, 0.6) is 5.88 Å². The summed E-state index contributed by atoms with van der Waals surface area (Å²) in [5.41, 5.74) is 4.54. The zero-order chi connectivity index (χ0) is 25.4. The van der Waals surface area contributed by atoms with E-state index < -0.39 is 11.0 Å². The monoisotopic (exact) mass is 487 g/mol. The number of amides is 2. The summed E-state index contributed by atoms with van der Waals surface area (Å²) in [5.74, 6) is 1.50. The van der Waals surface area contributed by atoms with Crippen LogP contribution in [0.2, 0.25) is 0 Å². The van der Waals surface area contributed by atoms with E-state index >= 15 is 0 Å². The molecule has 5 rings (SSSR count). The maximum Gasteiger partial charge on any atom is 0.258 e. The molecule has 2 atom stereocenters. The molecule has 0 aromatic carbocycles. The highest BCUT2D eigenvalue weighted by molar-refractivity contribution is 5.96. The predicted molar refractivity (Wildman–Crippen MR) is 133 cm³/mol. The van der Waals surface area contributed by atoms with E-state index in [0.717, 1.165) is 32.1 Å². The number of hydrogen-bond donors (Lipinski definition) is 4. The molecule has 0 saturated heterocycles. The van der Waals surface area contributed by atoms with Gasteiger partial charge < -0.3 is 26.2 Å². The first-order valence-electron chi connectivity index (χ1n) is 12.9. The summed E-state index contributed by atoms with van der Waals surface area (Å²) in [4.78, 5) is 25.9. The minimum absolute atomic E-state index is 0.0707. The molecule has 1 heterocycles. The average molecular weight is 488 g/mol. The predicted octanol–water partition coefficient (Wildman–Crippen LogP) is 2.16. The highest BCUT2D eigenvalue weighted by atomic mass is 16.5. The summed E-state index contributed by atoms with van der Waals surface area (Å²) in [5, 5.41) is 21.3. The van der Waals surface area contributed by atoms with Crippen LogP contribution in [-0.4, -0.2) is 58.0 Å². The van der Waals surface area contributed by atoms with E-state index in [1.54, 1.807) is 26.1 Å². The van der Waals surface area contributed by atoms with Gasteiger partial charge in [-0.1, -0.05) is 19.9 Å². The van der Waals surface area contributed by atoms with Gasteiger partial charge in [0.2, 0.25) is 11.8 Å².